The third-order valence-corrected chi connectivity index (χ3v) is 2.67. The van der Waals surface area contributed by atoms with Crippen molar-refractivity contribution in [2.45, 2.75) is 39.5 Å². The molecule has 15 heavy (non-hydrogen) atoms. The van der Waals surface area contributed by atoms with Crippen LogP contribution in [0.25, 0.3) is 0 Å². The van der Waals surface area contributed by atoms with Gasteiger partial charge in [-0.05, 0) is 39.9 Å². The molecule has 0 aromatic rings. The lowest BCUT2D eigenvalue weighted by Crippen LogP contribution is -2.27. The third-order valence-electron chi connectivity index (χ3n) is 2.67. The summed E-state index contributed by atoms with van der Waals surface area (Å²) in [5, 5.41) is 0. The van der Waals surface area contributed by atoms with E-state index in [0.29, 0.717) is 0 Å². The van der Waals surface area contributed by atoms with Crippen LogP contribution < -0.4 is 0 Å². The summed E-state index contributed by atoms with van der Waals surface area (Å²) in [5.41, 5.74) is 1.29. The van der Waals surface area contributed by atoms with Crippen LogP contribution in [0.5, 0.6) is 0 Å². The summed E-state index contributed by atoms with van der Waals surface area (Å²) in [4.78, 5) is 4.69. The van der Waals surface area contributed by atoms with Crippen LogP contribution in [0.1, 0.15) is 39.5 Å². The smallest absolute Gasteiger partial charge is 0.0186 e. The average molecular weight is 212 g/mol. The highest BCUT2D eigenvalue weighted by Gasteiger charge is 2.05. The fourth-order valence-corrected chi connectivity index (χ4v) is 1.58. The van der Waals surface area contributed by atoms with Crippen molar-refractivity contribution < 1.29 is 0 Å². The molecule has 0 saturated carbocycles. The minimum atomic E-state index is 1.08. The Balaban J connectivity index is 3.84. The molecule has 2 nitrogen and oxygen atoms in total. The Bertz CT molecular complexity index is 164. The normalized spacial score (nSPS) is 10.7. The van der Waals surface area contributed by atoms with Gasteiger partial charge in [0.15, 0.2) is 0 Å². The van der Waals surface area contributed by atoms with Gasteiger partial charge in [0.2, 0.25) is 0 Å². The molecule has 0 N–H and O–H groups in total. The molecule has 0 aliphatic rings. The first kappa shape index (κ1) is 14.5. The van der Waals surface area contributed by atoms with E-state index in [4.69, 9.17) is 0 Å². The molecule has 0 unspecified atom stereocenters. The number of hydrogen-bond donors (Lipinski definition) is 0. The van der Waals surface area contributed by atoms with Crippen molar-refractivity contribution in [2.75, 3.05) is 33.7 Å². The quantitative estimate of drug-likeness (QED) is 0.580. The van der Waals surface area contributed by atoms with Crippen molar-refractivity contribution in [1.82, 2.24) is 9.80 Å². The maximum Gasteiger partial charge on any atom is 0.0186 e. The SMILES string of the molecule is C=C(CC)N(CCCC)CCCN(C)C. The second-order valence-corrected chi connectivity index (χ2v) is 4.42. The lowest BCUT2D eigenvalue weighted by Gasteiger charge is -2.26. The van der Waals surface area contributed by atoms with Crippen LogP contribution in [0.2, 0.25) is 0 Å². The van der Waals surface area contributed by atoms with E-state index in [1.807, 2.05) is 0 Å². The van der Waals surface area contributed by atoms with E-state index in [0.717, 1.165) is 13.0 Å². The highest BCUT2D eigenvalue weighted by molar-refractivity contribution is 4.92. The number of hydrogen-bond acceptors (Lipinski definition) is 2. The van der Waals surface area contributed by atoms with Crippen LogP contribution in [-0.4, -0.2) is 43.5 Å². The van der Waals surface area contributed by atoms with Crippen LogP contribution in [0, 0.1) is 0 Å². The van der Waals surface area contributed by atoms with Crippen LogP contribution in [0.4, 0.5) is 0 Å². The molecule has 0 heterocycles. The van der Waals surface area contributed by atoms with Crippen molar-refractivity contribution in [2.24, 2.45) is 0 Å². The summed E-state index contributed by atoms with van der Waals surface area (Å²) in [6.07, 6.45) is 4.85. The first-order valence-electron chi connectivity index (χ1n) is 6.19. The summed E-state index contributed by atoms with van der Waals surface area (Å²) in [6, 6.07) is 0. The zero-order chi connectivity index (χ0) is 11.7. The van der Waals surface area contributed by atoms with Gasteiger partial charge in [0, 0.05) is 18.8 Å². The Hall–Kier alpha value is -0.500. The molecule has 90 valence electrons. The second-order valence-electron chi connectivity index (χ2n) is 4.42. The summed E-state index contributed by atoms with van der Waals surface area (Å²) in [6.45, 7) is 12.1. The van der Waals surface area contributed by atoms with E-state index in [-0.39, 0.29) is 0 Å². The highest BCUT2D eigenvalue weighted by Crippen LogP contribution is 2.08. The minimum Gasteiger partial charge on any atom is -0.375 e. The van der Waals surface area contributed by atoms with Crippen molar-refractivity contribution in [3.8, 4) is 0 Å². The van der Waals surface area contributed by atoms with Crippen LogP contribution in [-0.2, 0) is 0 Å². The third kappa shape index (κ3) is 7.43. The van der Waals surface area contributed by atoms with Gasteiger partial charge in [0.05, 0.1) is 0 Å². The van der Waals surface area contributed by atoms with Gasteiger partial charge < -0.3 is 9.80 Å². The molecule has 0 amide bonds. The second kappa shape index (κ2) is 8.78. The molecule has 0 fully saturated rings. The van der Waals surface area contributed by atoms with Crippen molar-refractivity contribution in [3.63, 3.8) is 0 Å². The molecule has 0 aromatic carbocycles. The maximum atomic E-state index is 4.14. The fourth-order valence-electron chi connectivity index (χ4n) is 1.58. The Kier molecular flexibility index (Phi) is 8.49. The van der Waals surface area contributed by atoms with Gasteiger partial charge in [-0.15, -0.1) is 0 Å². The van der Waals surface area contributed by atoms with Crippen molar-refractivity contribution >= 4 is 0 Å². The fraction of sp³-hybridized carbons (Fsp3) is 0.846. The van der Waals surface area contributed by atoms with Crippen molar-refractivity contribution in [3.05, 3.63) is 12.3 Å². The van der Waals surface area contributed by atoms with Gasteiger partial charge in [-0.1, -0.05) is 26.8 Å². The minimum absolute atomic E-state index is 1.08. The maximum absolute atomic E-state index is 4.14. The first-order valence-corrected chi connectivity index (χ1v) is 6.19. The average Bonchev–Trinajstić information content (AvgIpc) is 2.21. The summed E-state index contributed by atoms with van der Waals surface area (Å²) in [7, 11) is 4.26. The molecule has 0 aromatic heterocycles. The number of allylic oxidation sites excluding steroid dienone is 1. The van der Waals surface area contributed by atoms with E-state index in [1.165, 1.54) is 38.0 Å². The zero-order valence-corrected chi connectivity index (χ0v) is 11.1. The Morgan fingerprint density at radius 2 is 1.60 bits per heavy atom. The summed E-state index contributed by atoms with van der Waals surface area (Å²) >= 11 is 0. The zero-order valence-electron chi connectivity index (χ0n) is 11.1. The lowest BCUT2D eigenvalue weighted by molar-refractivity contribution is 0.299. The Morgan fingerprint density at radius 1 is 1.00 bits per heavy atom. The Labute approximate surface area is 95.9 Å². The van der Waals surface area contributed by atoms with Crippen molar-refractivity contribution in [1.29, 1.82) is 0 Å². The predicted octanol–water partition coefficient (Wildman–Crippen LogP) is 2.96. The highest BCUT2D eigenvalue weighted by atomic mass is 15.1. The molecule has 0 aliphatic carbocycles. The summed E-state index contributed by atoms with van der Waals surface area (Å²) in [5.74, 6) is 0. The Morgan fingerprint density at radius 3 is 2.07 bits per heavy atom. The molecule has 0 atom stereocenters. The van der Waals surface area contributed by atoms with Gasteiger partial charge in [-0.3, -0.25) is 0 Å². The monoisotopic (exact) mass is 212 g/mol. The van der Waals surface area contributed by atoms with Gasteiger partial charge in [-0.2, -0.15) is 0 Å². The molecule has 0 saturated heterocycles. The van der Waals surface area contributed by atoms with Gasteiger partial charge >= 0.3 is 0 Å². The first-order chi connectivity index (χ1) is 7.11. The van der Waals surface area contributed by atoms with E-state index >= 15 is 0 Å². The molecule has 0 spiro atoms. The van der Waals surface area contributed by atoms with E-state index in [9.17, 15) is 0 Å². The molecule has 0 aliphatic heterocycles. The standard InChI is InChI=1S/C13H28N2/c1-6-8-11-15(13(3)7-2)12-9-10-14(4)5/h3,6-12H2,1-2,4-5H3. The predicted molar refractivity (Wildman–Crippen MR) is 69.1 cm³/mol. The number of nitrogens with zero attached hydrogens (tertiary/aromatic N) is 2. The summed E-state index contributed by atoms with van der Waals surface area (Å²) < 4.78 is 0. The van der Waals surface area contributed by atoms with Crippen LogP contribution in [0.3, 0.4) is 0 Å². The number of unbranched alkanes of at least 4 members (excludes halogenated alkanes) is 1. The molecular formula is C13H28N2. The van der Waals surface area contributed by atoms with E-state index in [1.54, 1.807) is 0 Å². The van der Waals surface area contributed by atoms with E-state index < -0.39 is 0 Å². The molecular weight excluding hydrogens is 184 g/mol. The topological polar surface area (TPSA) is 6.48 Å². The molecule has 0 rings (SSSR count). The molecule has 0 radical (unpaired) electrons. The van der Waals surface area contributed by atoms with Crippen LogP contribution >= 0.6 is 0 Å². The lowest BCUT2D eigenvalue weighted by atomic mass is 10.2. The van der Waals surface area contributed by atoms with Gasteiger partial charge in [0.1, 0.15) is 0 Å². The van der Waals surface area contributed by atoms with Crippen LogP contribution in [0.15, 0.2) is 12.3 Å². The largest absolute Gasteiger partial charge is 0.375 e. The molecule has 0 bridgehead atoms. The number of rotatable bonds is 9. The van der Waals surface area contributed by atoms with Gasteiger partial charge in [-0.25, -0.2) is 0 Å². The van der Waals surface area contributed by atoms with Gasteiger partial charge in [0.25, 0.3) is 0 Å². The molecule has 2 heteroatoms. The van der Waals surface area contributed by atoms with E-state index in [2.05, 4.69) is 44.3 Å².